The van der Waals surface area contributed by atoms with E-state index in [0.717, 1.165) is 54.1 Å². The minimum atomic E-state index is -0.953. The highest BCUT2D eigenvalue weighted by atomic mass is 16.2. The fraction of sp³-hybridized carbons (Fsp3) is 0.357. The van der Waals surface area contributed by atoms with Crippen LogP contribution < -0.4 is 10.6 Å². The first-order valence-electron chi connectivity index (χ1n) is 13.0. The van der Waals surface area contributed by atoms with E-state index in [1.807, 2.05) is 24.4 Å². The Labute approximate surface area is 219 Å². The van der Waals surface area contributed by atoms with E-state index in [1.165, 1.54) is 0 Å². The molecule has 6 rings (SSSR count). The lowest BCUT2D eigenvalue weighted by Crippen LogP contribution is -2.54. The van der Waals surface area contributed by atoms with Crippen molar-refractivity contribution in [2.75, 3.05) is 11.9 Å². The molecule has 0 radical (unpaired) electrons. The van der Waals surface area contributed by atoms with Crippen LogP contribution in [0.3, 0.4) is 0 Å². The highest BCUT2D eigenvalue weighted by Gasteiger charge is 2.44. The number of piperidine rings is 1. The van der Waals surface area contributed by atoms with E-state index in [9.17, 15) is 19.2 Å². The van der Waals surface area contributed by atoms with Gasteiger partial charge in [-0.1, -0.05) is 6.07 Å². The molecule has 3 aromatic rings. The van der Waals surface area contributed by atoms with Crippen LogP contribution >= 0.6 is 0 Å². The number of fused-ring (bicyclic) bond motifs is 1. The Bertz CT molecular complexity index is 1410. The molecule has 10 heteroatoms. The summed E-state index contributed by atoms with van der Waals surface area (Å²) in [6.07, 6.45) is 10.3. The number of rotatable bonds is 8. The molecule has 1 unspecified atom stereocenters. The summed E-state index contributed by atoms with van der Waals surface area (Å²) in [7, 11) is 0. The van der Waals surface area contributed by atoms with E-state index in [0.29, 0.717) is 12.0 Å². The van der Waals surface area contributed by atoms with Crippen molar-refractivity contribution in [2.45, 2.75) is 50.6 Å². The zero-order valence-electron chi connectivity index (χ0n) is 20.8. The van der Waals surface area contributed by atoms with Gasteiger partial charge in [0, 0.05) is 36.6 Å². The normalized spacial score (nSPS) is 22.7. The number of anilines is 1. The first-order valence-corrected chi connectivity index (χ1v) is 13.0. The number of amides is 4. The lowest BCUT2D eigenvalue weighted by atomic mass is 9.77. The smallest absolute Gasteiger partial charge is 0.262 e. The SMILES string of the molecule is O=C1CCC(N2C(=O)c3ccc(NCCC[C@H]4C[C@H](n5cc(-c6ccccn6)cn5)C4)cc3C2=O)C(=O)N1. The van der Waals surface area contributed by atoms with Gasteiger partial charge in [0.15, 0.2) is 0 Å². The average molecular weight is 513 g/mol. The zero-order valence-corrected chi connectivity index (χ0v) is 20.8. The molecule has 4 amide bonds. The molecule has 1 atom stereocenters. The molecule has 1 aliphatic carbocycles. The molecule has 2 fully saturated rings. The highest BCUT2D eigenvalue weighted by molar-refractivity contribution is 6.23. The van der Waals surface area contributed by atoms with Gasteiger partial charge in [0.25, 0.3) is 11.8 Å². The summed E-state index contributed by atoms with van der Waals surface area (Å²) in [4.78, 5) is 54.9. The van der Waals surface area contributed by atoms with Crippen LogP contribution in [0.15, 0.2) is 55.0 Å². The van der Waals surface area contributed by atoms with Gasteiger partial charge in [-0.25, -0.2) is 0 Å². The van der Waals surface area contributed by atoms with Crippen LogP contribution in [0.1, 0.15) is 65.3 Å². The molecule has 2 N–H and O–H groups in total. The molecule has 1 aromatic carbocycles. The molecule has 38 heavy (non-hydrogen) atoms. The third-order valence-electron chi connectivity index (χ3n) is 7.71. The van der Waals surface area contributed by atoms with Crippen molar-refractivity contribution in [3.05, 3.63) is 66.1 Å². The van der Waals surface area contributed by atoms with Gasteiger partial charge in [-0.3, -0.25) is 39.1 Å². The van der Waals surface area contributed by atoms with Crippen molar-refractivity contribution in [3.63, 3.8) is 0 Å². The van der Waals surface area contributed by atoms with Gasteiger partial charge >= 0.3 is 0 Å². The summed E-state index contributed by atoms with van der Waals surface area (Å²) in [6.45, 7) is 0.755. The minimum Gasteiger partial charge on any atom is -0.385 e. The standard InChI is InChI=1S/C28H28N6O4/c35-25-9-8-24(26(36)32-25)34-27(37)21-7-6-19(14-22(21)28(34)38)29-11-3-4-17-12-20(13-17)33-16-18(15-31-33)23-5-1-2-10-30-23/h1-2,5-7,10,14-17,20,24,29H,3-4,8-9,11-13H2,(H,32,35,36)/t17-,20-,24?. The van der Waals surface area contributed by atoms with Crippen LogP contribution in [0.2, 0.25) is 0 Å². The Kier molecular flexibility index (Phi) is 6.22. The first-order chi connectivity index (χ1) is 18.5. The Morgan fingerprint density at radius 1 is 1.03 bits per heavy atom. The van der Waals surface area contributed by atoms with E-state index >= 15 is 0 Å². The molecule has 0 bridgehead atoms. The summed E-state index contributed by atoms with van der Waals surface area (Å²) < 4.78 is 2.06. The summed E-state index contributed by atoms with van der Waals surface area (Å²) in [6, 6.07) is 10.4. The number of pyridine rings is 1. The quantitative estimate of drug-likeness (QED) is 0.351. The van der Waals surface area contributed by atoms with E-state index in [1.54, 1.807) is 24.4 Å². The third-order valence-corrected chi connectivity index (χ3v) is 7.71. The summed E-state index contributed by atoms with van der Waals surface area (Å²) >= 11 is 0. The minimum absolute atomic E-state index is 0.104. The Morgan fingerprint density at radius 2 is 1.87 bits per heavy atom. The molecule has 10 nitrogen and oxygen atoms in total. The number of hydrogen-bond acceptors (Lipinski definition) is 7. The summed E-state index contributed by atoms with van der Waals surface area (Å²) in [5, 5.41) is 10.1. The number of carbonyl (C=O) groups is 4. The molecule has 1 saturated carbocycles. The zero-order chi connectivity index (χ0) is 26.2. The van der Waals surface area contributed by atoms with E-state index in [2.05, 4.69) is 31.6 Å². The van der Waals surface area contributed by atoms with E-state index < -0.39 is 23.8 Å². The van der Waals surface area contributed by atoms with Crippen LogP contribution in [0, 0.1) is 5.92 Å². The lowest BCUT2D eigenvalue weighted by Gasteiger charge is -2.35. The second-order valence-electron chi connectivity index (χ2n) is 10.2. The van der Waals surface area contributed by atoms with Crippen LogP contribution in [0.5, 0.6) is 0 Å². The van der Waals surface area contributed by atoms with Crippen molar-refractivity contribution in [1.82, 2.24) is 25.0 Å². The maximum atomic E-state index is 13.0. The predicted octanol–water partition coefficient (Wildman–Crippen LogP) is 3.19. The number of aromatic nitrogens is 3. The number of benzene rings is 1. The van der Waals surface area contributed by atoms with Crippen molar-refractivity contribution < 1.29 is 19.2 Å². The average Bonchev–Trinajstić information content (AvgIpc) is 3.47. The van der Waals surface area contributed by atoms with Crippen LogP contribution in [-0.2, 0) is 9.59 Å². The fourth-order valence-electron chi connectivity index (χ4n) is 5.56. The fourth-order valence-corrected chi connectivity index (χ4v) is 5.56. The first kappa shape index (κ1) is 24.0. The molecule has 1 saturated heterocycles. The lowest BCUT2D eigenvalue weighted by molar-refractivity contribution is -0.136. The molecule has 2 aliphatic heterocycles. The third kappa shape index (κ3) is 4.46. The van der Waals surface area contributed by atoms with Gasteiger partial charge in [0.2, 0.25) is 11.8 Å². The monoisotopic (exact) mass is 512 g/mol. The predicted molar refractivity (Wildman–Crippen MR) is 138 cm³/mol. The Hall–Kier alpha value is -4.34. The van der Waals surface area contributed by atoms with Crippen molar-refractivity contribution in [2.24, 2.45) is 5.92 Å². The number of nitrogens with one attached hydrogen (secondary N) is 2. The molecular formula is C28H28N6O4. The summed E-state index contributed by atoms with van der Waals surface area (Å²) in [5.74, 6) is -1.31. The van der Waals surface area contributed by atoms with Crippen molar-refractivity contribution >= 4 is 29.3 Å². The maximum Gasteiger partial charge on any atom is 0.262 e. The number of hydrogen-bond donors (Lipinski definition) is 2. The molecule has 3 aliphatic rings. The highest BCUT2D eigenvalue weighted by Crippen LogP contribution is 2.40. The molecular weight excluding hydrogens is 484 g/mol. The molecule has 4 heterocycles. The van der Waals surface area contributed by atoms with Crippen molar-refractivity contribution in [1.29, 1.82) is 0 Å². The Morgan fingerprint density at radius 3 is 2.66 bits per heavy atom. The van der Waals surface area contributed by atoms with Gasteiger partial charge < -0.3 is 5.32 Å². The summed E-state index contributed by atoms with van der Waals surface area (Å²) in [5.41, 5.74) is 3.31. The van der Waals surface area contributed by atoms with Crippen LogP contribution in [0.4, 0.5) is 5.69 Å². The number of imide groups is 2. The van der Waals surface area contributed by atoms with Gasteiger partial charge in [-0.05, 0) is 68.4 Å². The maximum absolute atomic E-state index is 13.0. The van der Waals surface area contributed by atoms with Crippen molar-refractivity contribution in [3.8, 4) is 11.3 Å². The topological polar surface area (TPSA) is 126 Å². The Balaban J connectivity index is 0.976. The molecule has 0 spiro atoms. The van der Waals surface area contributed by atoms with Gasteiger partial charge in [-0.15, -0.1) is 0 Å². The number of carbonyl (C=O) groups excluding carboxylic acids is 4. The van der Waals surface area contributed by atoms with Gasteiger partial charge in [0.1, 0.15) is 6.04 Å². The van der Waals surface area contributed by atoms with Crippen LogP contribution in [0.25, 0.3) is 11.3 Å². The largest absolute Gasteiger partial charge is 0.385 e. The molecule has 194 valence electrons. The second kappa shape index (κ2) is 9.85. The second-order valence-corrected chi connectivity index (χ2v) is 10.2. The number of nitrogens with zero attached hydrogens (tertiary/aromatic N) is 4. The van der Waals surface area contributed by atoms with E-state index in [4.69, 9.17) is 0 Å². The van der Waals surface area contributed by atoms with Gasteiger partial charge in [-0.2, -0.15) is 5.10 Å². The molecule has 2 aromatic heterocycles. The van der Waals surface area contributed by atoms with E-state index in [-0.39, 0.29) is 29.9 Å². The van der Waals surface area contributed by atoms with Gasteiger partial charge in [0.05, 0.1) is 29.1 Å². The van der Waals surface area contributed by atoms with Crippen LogP contribution in [-0.4, -0.2) is 55.9 Å².